The van der Waals surface area contributed by atoms with E-state index in [-0.39, 0.29) is 25.3 Å². The zero-order valence-corrected chi connectivity index (χ0v) is 32.3. The number of para-hydroxylation sites is 2. The maximum absolute atomic E-state index is 14.3. The second-order valence-electron chi connectivity index (χ2n) is 15.5. The van der Waals surface area contributed by atoms with Gasteiger partial charge in [0.1, 0.15) is 23.7 Å². The Kier molecular flexibility index (Phi) is 12.8. The van der Waals surface area contributed by atoms with E-state index in [0.717, 1.165) is 33.3 Å². The van der Waals surface area contributed by atoms with Gasteiger partial charge in [-0.1, -0.05) is 99.6 Å². The van der Waals surface area contributed by atoms with Crippen molar-refractivity contribution >= 4 is 28.8 Å². The number of fused-ring (bicyclic) bond motifs is 2. The molecule has 7 N–H and O–H groups in total. The van der Waals surface area contributed by atoms with Crippen LogP contribution < -0.4 is 26.0 Å². The predicted octanol–water partition coefficient (Wildman–Crippen LogP) is 4.06. The number of nitrogens with zero attached hydrogens (tertiary/aromatic N) is 1. The number of imidazole rings is 1. The first-order chi connectivity index (χ1) is 26.9. The highest BCUT2D eigenvalue weighted by molar-refractivity contribution is 5.89. The number of amides is 3. The van der Waals surface area contributed by atoms with Crippen molar-refractivity contribution in [1.29, 1.82) is 0 Å². The summed E-state index contributed by atoms with van der Waals surface area (Å²) in [5.41, 5.74) is 4.40. The lowest BCUT2D eigenvalue weighted by Gasteiger charge is -2.35. The number of aliphatic hydroxyl groups is 2. The third-order valence-corrected chi connectivity index (χ3v) is 10.3. The average molecular weight is 761 g/mol. The van der Waals surface area contributed by atoms with Crippen LogP contribution in [0.1, 0.15) is 61.3 Å². The number of nitrogens with one attached hydrogen (secondary N) is 5. The largest absolute Gasteiger partial charge is 0.497 e. The van der Waals surface area contributed by atoms with Crippen molar-refractivity contribution in [2.75, 3.05) is 7.11 Å². The molecule has 0 spiro atoms. The van der Waals surface area contributed by atoms with Crippen molar-refractivity contribution in [3.8, 4) is 5.75 Å². The van der Waals surface area contributed by atoms with E-state index in [1.807, 2.05) is 124 Å². The van der Waals surface area contributed by atoms with Gasteiger partial charge in [-0.2, -0.15) is 0 Å². The van der Waals surface area contributed by atoms with Crippen molar-refractivity contribution < 1.29 is 29.3 Å². The molecular weight excluding hydrogens is 709 g/mol. The van der Waals surface area contributed by atoms with Gasteiger partial charge in [-0.25, -0.2) is 4.98 Å². The lowest BCUT2D eigenvalue weighted by Crippen LogP contribution is -2.62. The van der Waals surface area contributed by atoms with E-state index in [2.05, 4.69) is 31.2 Å². The molecule has 1 aromatic heterocycles. The highest BCUT2D eigenvalue weighted by atomic mass is 16.5. The van der Waals surface area contributed by atoms with Gasteiger partial charge in [-0.05, 0) is 58.4 Å². The van der Waals surface area contributed by atoms with Crippen LogP contribution in [0.2, 0.25) is 0 Å². The molecule has 0 saturated carbocycles. The van der Waals surface area contributed by atoms with Crippen LogP contribution in [0.25, 0.3) is 11.0 Å². The van der Waals surface area contributed by atoms with Gasteiger partial charge in [-0.15, -0.1) is 0 Å². The Morgan fingerprint density at radius 3 is 2.29 bits per heavy atom. The number of carbonyl (C=O) groups is 3. The lowest BCUT2D eigenvalue weighted by molar-refractivity contribution is -0.134. The van der Waals surface area contributed by atoms with E-state index >= 15 is 0 Å². The van der Waals surface area contributed by atoms with Gasteiger partial charge in [0.25, 0.3) is 0 Å². The minimum Gasteiger partial charge on any atom is -0.497 e. The van der Waals surface area contributed by atoms with E-state index in [4.69, 9.17) is 4.74 Å². The molecule has 0 saturated heterocycles. The van der Waals surface area contributed by atoms with Crippen LogP contribution in [0.15, 0.2) is 103 Å². The van der Waals surface area contributed by atoms with Gasteiger partial charge >= 0.3 is 0 Å². The minimum absolute atomic E-state index is 0.101. The summed E-state index contributed by atoms with van der Waals surface area (Å²) in [7, 11) is 1.58. The Morgan fingerprint density at radius 2 is 1.57 bits per heavy atom. The molecule has 0 bridgehead atoms. The van der Waals surface area contributed by atoms with Crippen LogP contribution in [-0.2, 0) is 40.2 Å². The Morgan fingerprint density at radius 1 is 0.875 bits per heavy atom. The summed E-state index contributed by atoms with van der Waals surface area (Å²) in [6, 6.07) is 28.1. The van der Waals surface area contributed by atoms with E-state index in [1.165, 1.54) is 0 Å². The second-order valence-corrected chi connectivity index (χ2v) is 15.5. The van der Waals surface area contributed by atoms with Crippen LogP contribution in [0, 0.1) is 5.41 Å². The number of hydrogen-bond acceptors (Lipinski definition) is 8. The smallest absolute Gasteiger partial charge is 0.243 e. The number of aromatic amines is 1. The molecule has 5 aromatic rings. The third kappa shape index (κ3) is 9.99. The van der Waals surface area contributed by atoms with Crippen LogP contribution in [0.3, 0.4) is 0 Å². The number of aromatic nitrogens is 2. The summed E-state index contributed by atoms with van der Waals surface area (Å²) in [6.07, 6.45) is -1.27. The summed E-state index contributed by atoms with van der Waals surface area (Å²) in [6.45, 7) is 5.78. The summed E-state index contributed by atoms with van der Waals surface area (Å²) in [5, 5.41) is 35.5. The number of methoxy groups -OCH3 is 1. The van der Waals surface area contributed by atoms with Crippen molar-refractivity contribution in [3.05, 3.63) is 131 Å². The molecule has 1 aliphatic carbocycles. The van der Waals surface area contributed by atoms with Gasteiger partial charge in [0.2, 0.25) is 17.7 Å². The van der Waals surface area contributed by atoms with Crippen LogP contribution in [0.5, 0.6) is 5.75 Å². The fraction of sp³-hybridized carbons (Fsp3) is 0.364. The third-order valence-electron chi connectivity index (χ3n) is 10.3. The van der Waals surface area contributed by atoms with Crippen LogP contribution >= 0.6 is 0 Å². The summed E-state index contributed by atoms with van der Waals surface area (Å²) in [4.78, 5) is 49.8. The molecule has 0 aliphatic heterocycles. The van der Waals surface area contributed by atoms with Gasteiger partial charge < -0.3 is 35.9 Å². The van der Waals surface area contributed by atoms with Crippen LogP contribution in [-0.4, -0.2) is 75.3 Å². The lowest BCUT2D eigenvalue weighted by atomic mass is 9.85. The normalized spacial score (nSPS) is 17.3. The van der Waals surface area contributed by atoms with E-state index in [9.17, 15) is 24.6 Å². The molecule has 0 unspecified atom stereocenters. The average Bonchev–Trinajstić information content (AvgIpc) is 3.75. The number of hydrogen-bond donors (Lipinski definition) is 7. The number of ether oxygens (including phenoxy) is 1. The van der Waals surface area contributed by atoms with Gasteiger partial charge in [0, 0.05) is 25.8 Å². The first kappa shape index (κ1) is 40.1. The molecule has 4 aromatic carbocycles. The zero-order chi connectivity index (χ0) is 39.8. The van der Waals surface area contributed by atoms with Gasteiger partial charge in [0.15, 0.2) is 0 Å². The fourth-order valence-corrected chi connectivity index (χ4v) is 7.22. The summed E-state index contributed by atoms with van der Waals surface area (Å²) >= 11 is 0. The number of rotatable bonds is 16. The first-order valence-corrected chi connectivity index (χ1v) is 19.1. The van der Waals surface area contributed by atoms with E-state index < -0.39 is 53.6 Å². The number of benzene rings is 4. The number of carbonyl (C=O) groups excluding carboxylic acids is 3. The van der Waals surface area contributed by atoms with E-state index in [1.54, 1.807) is 7.11 Å². The Labute approximate surface area is 327 Å². The monoisotopic (exact) mass is 760 g/mol. The molecule has 294 valence electrons. The highest BCUT2D eigenvalue weighted by Crippen LogP contribution is 2.31. The minimum atomic E-state index is -1.45. The molecule has 12 nitrogen and oxygen atoms in total. The maximum atomic E-state index is 14.3. The molecule has 3 amide bonds. The Hall–Kier alpha value is -5.56. The number of aliphatic hydroxyl groups excluding tert-OH is 2. The molecule has 12 heteroatoms. The highest BCUT2D eigenvalue weighted by Gasteiger charge is 2.40. The number of H-pyrrole nitrogens is 1. The van der Waals surface area contributed by atoms with Crippen molar-refractivity contribution in [3.63, 3.8) is 0 Å². The molecular formula is C44H52N6O6. The molecule has 0 fully saturated rings. The predicted molar refractivity (Wildman–Crippen MR) is 215 cm³/mol. The van der Waals surface area contributed by atoms with Crippen molar-refractivity contribution in [1.82, 2.24) is 31.2 Å². The summed E-state index contributed by atoms with van der Waals surface area (Å²) < 4.78 is 5.30. The molecule has 1 heterocycles. The maximum Gasteiger partial charge on any atom is 0.243 e. The van der Waals surface area contributed by atoms with Gasteiger partial charge in [-0.3, -0.25) is 19.7 Å². The summed E-state index contributed by atoms with van der Waals surface area (Å²) in [5.74, 6) is -0.00860. The molecule has 56 heavy (non-hydrogen) atoms. The quantitative estimate of drug-likeness (QED) is 0.0788. The molecule has 6 rings (SSSR count). The first-order valence-electron chi connectivity index (χ1n) is 19.1. The molecule has 0 radical (unpaired) electrons. The zero-order valence-electron chi connectivity index (χ0n) is 32.3. The molecule has 6 atom stereocenters. The van der Waals surface area contributed by atoms with Crippen molar-refractivity contribution in [2.45, 2.75) is 89.4 Å². The van der Waals surface area contributed by atoms with Crippen molar-refractivity contribution in [2.24, 2.45) is 5.41 Å². The SMILES string of the molecule is COc1ccc(CN[C@@H](C(=O)N[C@H]2c3ccccc3C[C@H]2O)[C@@H](O)[C@H](Cc2ccccc2)NC(=O)[C@@H](NC(=O)CCc2nc3ccccc3[nH]2)C(C)(C)C)cc1. The topological polar surface area (TPSA) is 178 Å². The number of aryl methyl sites for hydroxylation is 1. The Balaban J connectivity index is 1.23. The Bertz CT molecular complexity index is 2060. The molecule has 1 aliphatic rings. The standard InChI is InChI=1S/C44H52N6O6/c1-44(2,3)41(49-37(52)23-22-36-46-32-16-10-11-17-33(32)47-36)43(55)48-34(24-27-12-6-5-7-13-27)40(53)39(45-26-28-18-20-30(56-4)21-19-28)42(54)50-38-31-15-9-8-14-29(31)25-35(38)51/h5-21,34-35,38-41,45,51,53H,22-26H2,1-4H3,(H,46,47)(H,48,55)(H,49,52)(H,50,54)/t34-,35+,38-,39+,40-,41+/m0/s1. The van der Waals surface area contributed by atoms with Crippen LogP contribution in [0.4, 0.5) is 0 Å². The van der Waals surface area contributed by atoms with Gasteiger partial charge in [0.05, 0.1) is 42.4 Å². The fourth-order valence-electron chi connectivity index (χ4n) is 7.22. The van der Waals surface area contributed by atoms with E-state index in [0.29, 0.717) is 24.4 Å². The second kappa shape index (κ2) is 17.9.